The summed E-state index contributed by atoms with van der Waals surface area (Å²) in [6.07, 6.45) is -3.24. The molecule has 0 atom stereocenters. The van der Waals surface area contributed by atoms with E-state index in [4.69, 9.17) is 4.74 Å². The second-order valence-corrected chi connectivity index (χ2v) is 6.41. The minimum Gasteiger partial charge on any atom is -0.379 e. The number of benzene rings is 2. The molecule has 0 saturated carbocycles. The van der Waals surface area contributed by atoms with Crippen molar-refractivity contribution in [1.82, 2.24) is 10.3 Å². The van der Waals surface area contributed by atoms with Gasteiger partial charge in [0, 0.05) is 25.2 Å². The van der Waals surface area contributed by atoms with Crippen LogP contribution in [0.25, 0.3) is 0 Å². The Morgan fingerprint density at radius 2 is 1.86 bits per heavy atom. The summed E-state index contributed by atoms with van der Waals surface area (Å²) in [5.74, 6) is -0.429. The van der Waals surface area contributed by atoms with E-state index in [1.807, 2.05) is 12.1 Å². The third-order valence-electron chi connectivity index (χ3n) is 4.32. The van der Waals surface area contributed by atoms with E-state index >= 15 is 0 Å². The average Bonchev–Trinajstić information content (AvgIpc) is 2.69. The van der Waals surface area contributed by atoms with Crippen LogP contribution in [-0.2, 0) is 17.5 Å². The molecule has 1 fully saturated rings. The van der Waals surface area contributed by atoms with Crippen molar-refractivity contribution in [2.75, 3.05) is 26.3 Å². The number of hydrogen-bond donors (Lipinski definition) is 1. The minimum atomic E-state index is -4.42. The molecule has 1 aliphatic rings. The van der Waals surface area contributed by atoms with Crippen molar-refractivity contribution in [3.8, 4) is 0 Å². The first kappa shape index (κ1) is 20.0. The molecule has 8 heteroatoms. The van der Waals surface area contributed by atoms with E-state index in [1.165, 1.54) is 18.3 Å². The van der Waals surface area contributed by atoms with Crippen molar-refractivity contribution >= 4 is 12.1 Å². The van der Waals surface area contributed by atoms with Gasteiger partial charge in [-0.3, -0.25) is 9.69 Å². The van der Waals surface area contributed by atoms with Crippen LogP contribution in [0.1, 0.15) is 27.0 Å². The highest BCUT2D eigenvalue weighted by atomic mass is 19.4. The first-order valence-corrected chi connectivity index (χ1v) is 8.81. The van der Waals surface area contributed by atoms with Crippen LogP contribution in [0, 0.1) is 0 Å². The van der Waals surface area contributed by atoms with E-state index in [2.05, 4.69) is 15.4 Å². The fourth-order valence-electron chi connectivity index (χ4n) is 2.80. The zero-order chi connectivity index (χ0) is 20.0. The van der Waals surface area contributed by atoms with E-state index < -0.39 is 17.6 Å². The number of rotatable bonds is 5. The summed E-state index contributed by atoms with van der Waals surface area (Å²) in [6.45, 7) is 4.01. The number of nitrogens with one attached hydrogen (secondary N) is 1. The lowest BCUT2D eigenvalue weighted by Crippen LogP contribution is -2.35. The van der Waals surface area contributed by atoms with Crippen LogP contribution in [0.15, 0.2) is 53.6 Å². The van der Waals surface area contributed by atoms with Crippen LogP contribution in [0.5, 0.6) is 0 Å². The Bertz CT molecular complexity index is 829. The van der Waals surface area contributed by atoms with Gasteiger partial charge in [-0.2, -0.15) is 18.3 Å². The zero-order valence-corrected chi connectivity index (χ0v) is 15.1. The fourth-order valence-corrected chi connectivity index (χ4v) is 2.80. The number of hydrazone groups is 1. The van der Waals surface area contributed by atoms with Crippen LogP contribution in [0.4, 0.5) is 13.2 Å². The maximum atomic E-state index is 12.7. The predicted molar refractivity (Wildman–Crippen MR) is 99.0 cm³/mol. The number of carbonyl (C=O) groups excluding carboxylic acids is 1. The van der Waals surface area contributed by atoms with Gasteiger partial charge in [0.05, 0.1) is 25.0 Å². The Balaban J connectivity index is 1.55. The van der Waals surface area contributed by atoms with Crippen molar-refractivity contribution in [2.24, 2.45) is 5.10 Å². The molecule has 0 aromatic heterocycles. The number of morpholine rings is 1. The molecule has 2 aromatic rings. The van der Waals surface area contributed by atoms with Gasteiger partial charge >= 0.3 is 6.18 Å². The molecule has 0 bridgehead atoms. The number of carbonyl (C=O) groups is 1. The molecule has 1 saturated heterocycles. The molecule has 148 valence electrons. The van der Waals surface area contributed by atoms with Crippen LogP contribution in [0.3, 0.4) is 0 Å². The largest absolute Gasteiger partial charge is 0.416 e. The summed E-state index contributed by atoms with van der Waals surface area (Å²) in [6, 6.07) is 11.9. The van der Waals surface area contributed by atoms with Crippen LogP contribution in [0.2, 0.25) is 0 Å². The minimum absolute atomic E-state index is 0.246. The standard InChI is InChI=1S/C20H20F3N3O2/c21-20(22,23)18-3-1-2-16(12-18)13-24-25-19(27)17-6-4-15(5-7-17)14-26-8-10-28-11-9-26/h1-7,12-13H,8-11,14H2,(H,25,27)/b24-13-. The highest BCUT2D eigenvalue weighted by Gasteiger charge is 2.30. The van der Waals surface area contributed by atoms with Crippen molar-refractivity contribution in [1.29, 1.82) is 0 Å². The summed E-state index contributed by atoms with van der Waals surface area (Å²) in [7, 11) is 0. The van der Waals surface area contributed by atoms with Crippen molar-refractivity contribution in [3.63, 3.8) is 0 Å². The molecule has 0 spiro atoms. The summed E-state index contributed by atoms with van der Waals surface area (Å²) in [4.78, 5) is 14.4. The Hall–Kier alpha value is -2.71. The monoisotopic (exact) mass is 391 g/mol. The average molecular weight is 391 g/mol. The van der Waals surface area contributed by atoms with Gasteiger partial charge in [0.15, 0.2) is 0 Å². The van der Waals surface area contributed by atoms with Gasteiger partial charge in [0.25, 0.3) is 5.91 Å². The smallest absolute Gasteiger partial charge is 0.379 e. The molecular formula is C20H20F3N3O2. The van der Waals surface area contributed by atoms with E-state index in [1.54, 1.807) is 12.1 Å². The second kappa shape index (κ2) is 8.99. The summed E-state index contributed by atoms with van der Waals surface area (Å²) in [5, 5.41) is 3.74. The molecule has 1 heterocycles. The Kier molecular flexibility index (Phi) is 6.43. The number of nitrogens with zero attached hydrogens (tertiary/aromatic N) is 2. The van der Waals surface area contributed by atoms with Crippen molar-refractivity contribution in [3.05, 3.63) is 70.8 Å². The lowest BCUT2D eigenvalue weighted by molar-refractivity contribution is -0.137. The molecule has 3 rings (SSSR count). The summed E-state index contributed by atoms with van der Waals surface area (Å²) < 4.78 is 43.4. The first-order valence-electron chi connectivity index (χ1n) is 8.81. The van der Waals surface area contributed by atoms with E-state index in [-0.39, 0.29) is 5.56 Å². The quantitative estimate of drug-likeness (QED) is 0.629. The normalized spacial score (nSPS) is 15.7. The molecule has 5 nitrogen and oxygen atoms in total. The number of halogens is 3. The summed E-state index contributed by atoms with van der Waals surface area (Å²) in [5.41, 5.74) is 3.32. The van der Waals surface area contributed by atoms with Crippen LogP contribution >= 0.6 is 0 Å². The molecule has 28 heavy (non-hydrogen) atoms. The lowest BCUT2D eigenvalue weighted by atomic mass is 10.1. The molecule has 1 amide bonds. The maximum absolute atomic E-state index is 12.7. The zero-order valence-electron chi connectivity index (χ0n) is 15.1. The number of alkyl halides is 3. The van der Waals surface area contributed by atoms with E-state index in [0.29, 0.717) is 5.56 Å². The SMILES string of the molecule is O=C(N/N=C\c1cccc(C(F)(F)F)c1)c1ccc(CN2CCOCC2)cc1. The third kappa shape index (κ3) is 5.64. The van der Waals surface area contributed by atoms with Gasteiger partial charge in [-0.05, 0) is 35.4 Å². The van der Waals surface area contributed by atoms with Gasteiger partial charge < -0.3 is 4.74 Å². The van der Waals surface area contributed by atoms with Gasteiger partial charge in [-0.1, -0.05) is 24.3 Å². The van der Waals surface area contributed by atoms with Crippen LogP contribution in [-0.4, -0.2) is 43.3 Å². The third-order valence-corrected chi connectivity index (χ3v) is 4.32. The first-order chi connectivity index (χ1) is 13.4. The van der Waals surface area contributed by atoms with Crippen molar-refractivity contribution in [2.45, 2.75) is 12.7 Å². The van der Waals surface area contributed by atoms with Gasteiger partial charge in [0.2, 0.25) is 0 Å². The highest BCUT2D eigenvalue weighted by molar-refractivity contribution is 5.94. The van der Waals surface area contributed by atoms with Gasteiger partial charge in [-0.15, -0.1) is 0 Å². The fraction of sp³-hybridized carbons (Fsp3) is 0.300. The Morgan fingerprint density at radius 3 is 2.54 bits per heavy atom. The molecular weight excluding hydrogens is 371 g/mol. The van der Waals surface area contributed by atoms with Crippen LogP contribution < -0.4 is 5.43 Å². The second-order valence-electron chi connectivity index (χ2n) is 6.41. The molecule has 0 radical (unpaired) electrons. The lowest BCUT2D eigenvalue weighted by Gasteiger charge is -2.26. The topological polar surface area (TPSA) is 53.9 Å². The van der Waals surface area contributed by atoms with E-state index in [0.717, 1.165) is 50.5 Å². The number of hydrogen-bond acceptors (Lipinski definition) is 4. The number of ether oxygens (including phenoxy) is 1. The molecule has 0 aliphatic carbocycles. The van der Waals surface area contributed by atoms with E-state index in [9.17, 15) is 18.0 Å². The van der Waals surface area contributed by atoms with Crippen molar-refractivity contribution < 1.29 is 22.7 Å². The Labute approximate surface area is 160 Å². The highest BCUT2D eigenvalue weighted by Crippen LogP contribution is 2.29. The predicted octanol–water partition coefficient (Wildman–Crippen LogP) is 3.30. The molecule has 2 aromatic carbocycles. The molecule has 1 aliphatic heterocycles. The Morgan fingerprint density at radius 1 is 1.14 bits per heavy atom. The maximum Gasteiger partial charge on any atom is 0.416 e. The van der Waals surface area contributed by atoms with Gasteiger partial charge in [-0.25, -0.2) is 5.43 Å². The summed E-state index contributed by atoms with van der Waals surface area (Å²) >= 11 is 0. The molecule has 0 unspecified atom stereocenters. The van der Waals surface area contributed by atoms with Gasteiger partial charge in [0.1, 0.15) is 0 Å². The molecule has 1 N–H and O–H groups in total. The number of amides is 1.